The van der Waals surface area contributed by atoms with E-state index in [-0.39, 0.29) is 6.54 Å². The quantitative estimate of drug-likeness (QED) is 0.598. The lowest BCUT2D eigenvalue weighted by Crippen LogP contribution is -2.33. The highest BCUT2D eigenvalue weighted by Gasteiger charge is 2.10. The van der Waals surface area contributed by atoms with Gasteiger partial charge in [0.15, 0.2) is 0 Å². The number of nitrogens with one attached hydrogen (secondary N) is 1. The minimum atomic E-state index is -0.588. The molecule has 0 aliphatic rings. The molecule has 0 fully saturated rings. The van der Waals surface area contributed by atoms with Crippen molar-refractivity contribution < 1.29 is 9.59 Å². The lowest BCUT2D eigenvalue weighted by molar-refractivity contribution is -0.117. The van der Waals surface area contributed by atoms with Gasteiger partial charge in [0.2, 0.25) is 5.91 Å². The van der Waals surface area contributed by atoms with Crippen molar-refractivity contribution in [1.82, 2.24) is 5.32 Å². The van der Waals surface area contributed by atoms with E-state index in [2.05, 4.69) is 5.32 Å². The summed E-state index contributed by atoms with van der Waals surface area (Å²) in [6.07, 6.45) is 0. The van der Waals surface area contributed by atoms with Crippen LogP contribution < -0.4 is 16.8 Å². The number of carbonyl (C=O) groups is 2. The molecule has 5 heteroatoms. The number of amides is 2. The standard InChI is InChI=1S/C10H13N3O2/c1-6-3-2-4-7(9(6)12)10(15)13-5-8(11)14/h2-4H,5,12H2,1H3,(H2,11,14)(H,13,15). The van der Waals surface area contributed by atoms with E-state index >= 15 is 0 Å². The van der Waals surface area contributed by atoms with Crippen LogP contribution in [0.25, 0.3) is 0 Å². The molecular formula is C10H13N3O2. The molecule has 0 atom stereocenters. The Labute approximate surface area is 87.4 Å². The minimum absolute atomic E-state index is 0.188. The molecule has 1 rings (SSSR count). The van der Waals surface area contributed by atoms with E-state index < -0.39 is 11.8 Å². The molecule has 0 saturated heterocycles. The average Bonchev–Trinajstić information content (AvgIpc) is 2.18. The fourth-order valence-corrected chi connectivity index (χ4v) is 1.14. The Morgan fingerprint density at radius 1 is 1.40 bits per heavy atom. The summed E-state index contributed by atoms with van der Waals surface area (Å²) in [6.45, 7) is 1.62. The molecule has 15 heavy (non-hydrogen) atoms. The van der Waals surface area contributed by atoms with Crippen LogP contribution in [0.15, 0.2) is 18.2 Å². The molecule has 0 unspecified atom stereocenters. The van der Waals surface area contributed by atoms with Gasteiger partial charge in [0.05, 0.1) is 12.1 Å². The third kappa shape index (κ3) is 2.70. The van der Waals surface area contributed by atoms with Gasteiger partial charge < -0.3 is 16.8 Å². The highest BCUT2D eigenvalue weighted by molar-refractivity contribution is 6.01. The number of hydrogen-bond donors (Lipinski definition) is 3. The zero-order valence-electron chi connectivity index (χ0n) is 8.41. The Bertz CT molecular complexity index is 402. The Morgan fingerprint density at radius 2 is 2.07 bits per heavy atom. The first-order valence-corrected chi connectivity index (χ1v) is 4.44. The van der Waals surface area contributed by atoms with Gasteiger partial charge in [-0.05, 0) is 18.6 Å². The highest BCUT2D eigenvalue weighted by atomic mass is 16.2. The fraction of sp³-hybridized carbons (Fsp3) is 0.200. The van der Waals surface area contributed by atoms with Crippen molar-refractivity contribution >= 4 is 17.5 Å². The van der Waals surface area contributed by atoms with Gasteiger partial charge in [0.1, 0.15) is 0 Å². The topological polar surface area (TPSA) is 98.2 Å². The maximum atomic E-state index is 11.5. The van der Waals surface area contributed by atoms with Crippen molar-refractivity contribution in [2.24, 2.45) is 5.73 Å². The summed E-state index contributed by atoms with van der Waals surface area (Å²) in [5.74, 6) is -0.982. The Morgan fingerprint density at radius 3 is 2.67 bits per heavy atom. The molecule has 1 aromatic carbocycles. The summed E-state index contributed by atoms with van der Waals surface area (Å²) in [4.78, 5) is 22.0. The third-order valence-electron chi connectivity index (χ3n) is 1.99. The van der Waals surface area contributed by atoms with Gasteiger partial charge >= 0.3 is 0 Å². The number of nitrogens with two attached hydrogens (primary N) is 2. The van der Waals surface area contributed by atoms with E-state index in [0.717, 1.165) is 5.56 Å². The van der Waals surface area contributed by atoms with Crippen molar-refractivity contribution in [2.45, 2.75) is 6.92 Å². The molecule has 0 bridgehead atoms. The molecule has 0 aromatic heterocycles. The van der Waals surface area contributed by atoms with E-state index in [1.807, 2.05) is 0 Å². The highest BCUT2D eigenvalue weighted by Crippen LogP contribution is 2.15. The normalized spacial score (nSPS) is 9.67. The summed E-state index contributed by atoms with van der Waals surface area (Å²) < 4.78 is 0. The predicted molar refractivity (Wildman–Crippen MR) is 57.1 cm³/mol. The second kappa shape index (κ2) is 4.45. The molecule has 2 amide bonds. The van der Waals surface area contributed by atoms with Crippen molar-refractivity contribution in [3.8, 4) is 0 Å². The van der Waals surface area contributed by atoms with Crippen LogP contribution >= 0.6 is 0 Å². The number of para-hydroxylation sites is 1. The van der Waals surface area contributed by atoms with Crippen LogP contribution in [0.3, 0.4) is 0 Å². The lowest BCUT2D eigenvalue weighted by atomic mass is 10.1. The van der Waals surface area contributed by atoms with Crippen molar-refractivity contribution in [3.63, 3.8) is 0 Å². The molecule has 1 aromatic rings. The Kier molecular flexibility index (Phi) is 3.28. The third-order valence-corrected chi connectivity index (χ3v) is 1.99. The zero-order chi connectivity index (χ0) is 11.4. The number of benzene rings is 1. The predicted octanol–water partition coefficient (Wildman–Crippen LogP) is -0.208. The van der Waals surface area contributed by atoms with Crippen LogP contribution in [0, 0.1) is 6.92 Å². The number of rotatable bonds is 3. The van der Waals surface area contributed by atoms with E-state index in [0.29, 0.717) is 11.3 Å². The van der Waals surface area contributed by atoms with Gasteiger partial charge in [-0.15, -0.1) is 0 Å². The molecule has 0 aliphatic heterocycles. The summed E-state index contributed by atoms with van der Waals surface area (Å²) in [5.41, 5.74) is 12.2. The van der Waals surface area contributed by atoms with Crippen LogP contribution in [-0.2, 0) is 4.79 Å². The molecule has 5 N–H and O–H groups in total. The van der Waals surface area contributed by atoms with E-state index in [4.69, 9.17) is 11.5 Å². The van der Waals surface area contributed by atoms with Crippen LogP contribution in [0.2, 0.25) is 0 Å². The van der Waals surface area contributed by atoms with E-state index in [1.54, 1.807) is 25.1 Å². The number of carbonyl (C=O) groups excluding carboxylic acids is 2. The smallest absolute Gasteiger partial charge is 0.253 e. The van der Waals surface area contributed by atoms with Gasteiger partial charge in [0, 0.05) is 5.69 Å². The van der Waals surface area contributed by atoms with Crippen molar-refractivity contribution in [1.29, 1.82) is 0 Å². The summed E-state index contributed by atoms with van der Waals surface area (Å²) in [6, 6.07) is 5.13. The first-order valence-electron chi connectivity index (χ1n) is 4.44. The molecule has 0 spiro atoms. The number of nitrogen functional groups attached to an aromatic ring is 1. The van der Waals surface area contributed by atoms with Gasteiger partial charge in [0.25, 0.3) is 5.91 Å². The molecule has 5 nitrogen and oxygen atoms in total. The average molecular weight is 207 g/mol. The van der Waals surface area contributed by atoms with Crippen LogP contribution in [0.1, 0.15) is 15.9 Å². The SMILES string of the molecule is Cc1cccc(C(=O)NCC(N)=O)c1N. The molecule has 0 aliphatic carbocycles. The Balaban J connectivity index is 2.82. The fourth-order valence-electron chi connectivity index (χ4n) is 1.14. The van der Waals surface area contributed by atoms with E-state index in [9.17, 15) is 9.59 Å². The number of anilines is 1. The van der Waals surface area contributed by atoms with Gasteiger partial charge in [-0.25, -0.2) is 0 Å². The Hall–Kier alpha value is -2.04. The monoisotopic (exact) mass is 207 g/mol. The molecule has 80 valence electrons. The van der Waals surface area contributed by atoms with Crippen LogP contribution in [0.4, 0.5) is 5.69 Å². The second-order valence-corrected chi connectivity index (χ2v) is 3.19. The summed E-state index contributed by atoms with van der Waals surface area (Å²) >= 11 is 0. The zero-order valence-corrected chi connectivity index (χ0v) is 8.41. The molecule has 0 heterocycles. The maximum absolute atomic E-state index is 11.5. The number of hydrogen-bond acceptors (Lipinski definition) is 3. The number of aryl methyl sites for hydroxylation is 1. The van der Waals surface area contributed by atoms with Gasteiger partial charge in [-0.1, -0.05) is 12.1 Å². The first kappa shape index (κ1) is 11.0. The molecule has 0 radical (unpaired) electrons. The van der Waals surface area contributed by atoms with Crippen LogP contribution in [0.5, 0.6) is 0 Å². The van der Waals surface area contributed by atoms with Crippen molar-refractivity contribution in [3.05, 3.63) is 29.3 Å². The minimum Gasteiger partial charge on any atom is -0.398 e. The first-order chi connectivity index (χ1) is 7.02. The summed E-state index contributed by atoms with van der Waals surface area (Å²) in [7, 11) is 0. The molecular weight excluding hydrogens is 194 g/mol. The van der Waals surface area contributed by atoms with Crippen LogP contribution in [-0.4, -0.2) is 18.4 Å². The lowest BCUT2D eigenvalue weighted by Gasteiger charge is -2.07. The summed E-state index contributed by atoms with van der Waals surface area (Å²) in [5, 5.41) is 2.37. The van der Waals surface area contributed by atoms with Gasteiger partial charge in [-0.3, -0.25) is 9.59 Å². The van der Waals surface area contributed by atoms with Gasteiger partial charge in [-0.2, -0.15) is 0 Å². The second-order valence-electron chi connectivity index (χ2n) is 3.19. The van der Waals surface area contributed by atoms with Crippen molar-refractivity contribution in [2.75, 3.05) is 12.3 Å². The van der Waals surface area contributed by atoms with E-state index in [1.165, 1.54) is 0 Å². The molecule has 0 saturated carbocycles. The largest absolute Gasteiger partial charge is 0.398 e. The number of primary amides is 1. The maximum Gasteiger partial charge on any atom is 0.253 e.